The third-order valence-electron chi connectivity index (χ3n) is 5.61. The quantitative estimate of drug-likeness (QED) is 0.371. The number of anilines is 1. The lowest BCUT2D eigenvalue weighted by molar-refractivity contribution is 0.461. The van der Waals surface area contributed by atoms with Crippen LogP contribution in [0.25, 0.3) is 0 Å². The molecule has 1 saturated carbocycles. The molecule has 4 rings (SSSR count). The monoisotopic (exact) mass is 490 g/mol. The van der Waals surface area contributed by atoms with Crippen molar-refractivity contribution in [2.24, 2.45) is 4.99 Å². The number of halogens is 1. The van der Waals surface area contributed by atoms with Gasteiger partial charge in [-0.1, -0.05) is 48.5 Å². The molecule has 2 unspecified atom stereocenters. The van der Waals surface area contributed by atoms with Crippen LogP contribution in [0.4, 0.5) is 5.69 Å². The van der Waals surface area contributed by atoms with Crippen molar-refractivity contribution in [3.8, 4) is 0 Å². The number of hydrogen-bond acceptors (Lipinski definition) is 2. The Bertz CT molecular complexity index is 742. The van der Waals surface area contributed by atoms with Crippen LogP contribution in [0.3, 0.4) is 0 Å². The molecule has 0 bridgehead atoms. The van der Waals surface area contributed by atoms with Crippen molar-refractivity contribution in [1.82, 2.24) is 10.6 Å². The molecule has 1 aliphatic heterocycles. The summed E-state index contributed by atoms with van der Waals surface area (Å²) in [5.41, 5.74) is 2.77. The molecule has 2 aromatic rings. The Morgan fingerprint density at radius 2 is 1.61 bits per heavy atom. The maximum Gasteiger partial charge on any atom is 0.191 e. The standard InChI is InChI=1S/C23H30N4.HI/c1-2-24-23(26-22-17-21(22)18-9-5-3-6-10-18)25-19-13-15-27(16-14-19)20-11-7-4-8-12-20;/h3-12,19,21-22H,2,13-17H2,1H3,(H2,24,25,26);1H. The normalized spacial score (nSPS) is 22.3. The highest BCUT2D eigenvalue weighted by Gasteiger charge is 2.39. The summed E-state index contributed by atoms with van der Waals surface area (Å²) in [5.74, 6) is 1.61. The summed E-state index contributed by atoms with van der Waals surface area (Å²) in [5, 5.41) is 7.34. The second-order valence-corrected chi connectivity index (χ2v) is 7.57. The van der Waals surface area contributed by atoms with E-state index in [0.29, 0.717) is 18.0 Å². The highest BCUT2D eigenvalue weighted by atomic mass is 127. The Morgan fingerprint density at radius 3 is 2.25 bits per heavy atom. The largest absolute Gasteiger partial charge is 0.371 e. The fourth-order valence-corrected chi connectivity index (χ4v) is 4.00. The second-order valence-electron chi connectivity index (χ2n) is 7.57. The van der Waals surface area contributed by atoms with Crippen LogP contribution in [-0.4, -0.2) is 37.7 Å². The van der Waals surface area contributed by atoms with Gasteiger partial charge in [-0.3, -0.25) is 4.99 Å². The van der Waals surface area contributed by atoms with Gasteiger partial charge in [0.2, 0.25) is 0 Å². The van der Waals surface area contributed by atoms with Crippen LogP contribution < -0.4 is 15.5 Å². The highest BCUT2D eigenvalue weighted by Crippen LogP contribution is 2.40. The Morgan fingerprint density at radius 1 is 0.964 bits per heavy atom. The van der Waals surface area contributed by atoms with Crippen LogP contribution >= 0.6 is 24.0 Å². The molecule has 1 heterocycles. The van der Waals surface area contributed by atoms with Gasteiger partial charge < -0.3 is 15.5 Å². The third kappa shape index (κ3) is 5.40. The minimum Gasteiger partial charge on any atom is -0.371 e. The summed E-state index contributed by atoms with van der Waals surface area (Å²) < 4.78 is 0. The van der Waals surface area contributed by atoms with E-state index < -0.39 is 0 Å². The van der Waals surface area contributed by atoms with Crippen molar-refractivity contribution < 1.29 is 0 Å². The Labute approximate surface area is 185 Å². The number of hydrogen-bond donors (Lipinski definition) is 2. The van der Waals surface area contributed by atoms with E-state index in [1.165, 1.54) is 17.7 Å². The zero-order chi connectivity index (χ0) is 18.5. The molecule has 5 heteroatoms. The van der Waals surface area contributed by atoms with Crippen LogP contribution in [0.15, 0.2) is 65.7 Å². The zero-order valence-corrected chi connectivity index (χ0v) is 18.9. The molecule has 4 nitrogen and oxygen atoms in total. The van der Waals surface area contributed by atoms with Crippen molar-refractivity contribution in [3.63, 3.8) is 0 Å². The van der Waals surface area contributed by atoms with Crippen LogP contribution in [0.2, 0.25) is 0 Å². The molecular formula is C23H31IN4. The lowest BCUT2D eigenvalue weighted by atomic mass is 10.0. The van der Waals surface area contributed by atoms with Gasteiger partial charge in [0, 0.05) is 43.3 Å². The molecule has 2 aliphatic rings. The smallest absolute Gasteiger partial charge is 0.191 e. The lowest BCUT2D eigenvalue weighted by Gasteiger charge is -2.34. The molecule has 0 spiro atoms. The molecule has 2 fully saturated rings. The van der Waals surface area contributed by atoms with E-state index in [9.17, 15) is 0 Å². The fourth-order valence-electron chi connectivity index (χ4n) is 4.00. The van der Waals surface area contributed by atoms with Gasteiger partial charge in [0.15, 0.2) is 5.96 Å². The number of nitrogens with zero attached hydrogens (tertiary/aromatic N) is 2. The first kappa shape index (κ1) is 21.0. The van der Waals surface area contributed by atoms with Gasteiger partial charge in [0.1, 0.15) is 0 Å². The number of aliphatic imine (C=N–C) groups is 1. The maximum atomic E-state index is 4.68. The molecule has 0 aromatic heterocycles. The summed E-state index contributed by atoms with van der Waals surface area (Å²) in [7, 11) is 0. The van der Waals surface area contributed by atoms with Gasteiger partial charge in [-0.15, -0.1) is 24.0 Å². The number of nitrogens with one attached hydrogen (secondary N) is 2. The van der Waals surface area contributed by atoms with Gasteiger partial charge in [0.25, 0.3) is 0 Å². The first-order valence-corrected chi connectivity index (χ1v) is 10.3. The van der Waals surface area contributed by atoms with E-state index in [2.05, 4.69) is 88.1 Å². The molecule has 0 amide bonds. The SMILES string of the molecule is CCN=C(NC1CCN(c2ccccc2)CC1)NC1CC1c1ccccc1.I. The summed E-state index contributed by atoms with van der Waals surface area (Å²) in [6, 6.07) is 22.5. The molecule has 2 atom stereocenters. The summed E-state index contributed by atoms with van der Waals surface area (Å²) >= 11 is 0. The van der Waals surface area contributed by atoms with Crippen molar-refractivity contribution in [1.29, 1.82) is 0 Å². The van der Waals surface area contributed by atoms with Crippen LogP contribution in [0, 0.1) is 0 Å². The van der Waals surface area contributed by atoms with E-state index >= 15 is 0 Å². The summed E-state index contributed by atoms with van der Waals surface area (Å²) in [6.07, 6.45) is 3.49. The van der Waals surface area contributed by atoms with E-state index in [4.69, 9.17) is 0 Å². The van der Waals surface area contributed by atoms with Gasteiger partial charge in [-0.05, 0) is 43.9 Å². The average molecular weight is 490 g/mol. The molecule has 1 aliphatic carbocycles. The first-order valence-electron chi connectivity index (χ1n) is 10.3. The number of para-hydroxylation sites is 1. The number of benzene rings is 2. The molecule has 28 heavy (non-hydrogen) atoms. The van der Waals surface area contributed by atoms with Crippen molar-refractivity contribution in [3.05, 3.63) is 66.2 Å². The number of piperidine rings is 1. The molecule has 150 valence electrons. The zero-order valence-electron chi connectivity index (χ0n) is 16.6. The Hall–Kier alpha value is -1.76. The topological polar surface area (TPSA) is 39.7 Å². The fraction of sp³-hybridized carbons (Fsp3) is 0.435. The van der Waals surface area contributed by atoms with E-state index in [0.717, 1.165) is 38.4 Å². The van der Waals surface area contributed by atoms with E-state index in [1.807, 2.05) is 0 Å². The van der Waals surface area contributed by atoms with Crippen molar-refractivity contribution in [2.45, 2.75) is 44.2 Å². The van der Waals surface area contributed by atoms with Gasteiger partial charge in [0.05, 0.1) is 0 Å². The van der Waals surface area contributed by atoms with Gasteiger partial charge in [-0.25, -0.2) is 0 Å². The lowest BCUT2D eigenvalue weighted by Crippen LogP contribution is -2.49. The van der Waals surface area contributed by atoms with Crippen molar-refractivity contribution >= 4 is 35.6 Å². The summed E-state index contributed by atoms with van der Waals surface area (Å²) in [4.78, 5) is 7.17. The molecule has 0 radical (unpaired) electrons. The first-order chi connectivity index (χ1) is 13.3. The summed E-state index contributed by atoms with van der Waals surface area (Å²) in [6.45, 7) is 5.10. The Balaban J connectivity index is 0.00000225. The molecule has 1 saturated heterocycles. The highest BCUT2D eigenvalue weighted by molar-refractivity contribution is 14.0. The van der Waals surface area contributed by atoms with E-state index in [-0.39, 0.29) is 24.0 Å². The van der Waals surface area contributed by atoms with Crippen LogP contribution in [0.5, 0.6) is 0 Å². The minimum absolute atomic E-state index is 0. The van der Waals surface area contributed by atoms with E-state index in [1.54, 1.807) is 0 Å². The van der Waals surface area contributed by atoms with Crippen LogP contribution in [0.1, 0.15) is 37.7 Å². The molecular weight excluding hydrogens is 459 g/mol. The number of rotatable bonds is 5. The predicted octanol–water partition coefficient (Wildman–Crippen LogP) is 4.38. The second kappa shape index (κ2) is 10.1. The minimum atomic E-state index is 0. The van der Waals surface area contributed by atoms with Crippen LogP contribution in [-0.2, 0) is 0 Å². The number of guanidine groups is 1. The maximum absolute atomic E-state index is 4.68. The molecule has 2 N–H and O–H groups in total. The Kier molecular flexibility index (Phi) is 7.59. The third-order valence-corrected chi connectivity index (χ3v) is 5.61. The molecule has 2 aromatic carbocycles. The van der Waals surface area contributed by atoms with Gasteiger partial charge in [-0.2, -0.15) is 0 Å². The average Bonchev–Trinajstić information content (AvgIpc) is 3.49. The van der Waals surface area contributed by atoms with Gasteiger partial charge >= 0.3 is 0 Å². The van der Waals surface area contributed by atoms with Crippen molar-refractivity contribution in [2.75, 3.05) is 24.5 Å². The predicted molar refractivity (Wildman–Crippen MR) is 129 cm³/mol.